The van der Waals surface area contributed by atoms with E-state index >= 15 is 0 Å². The number of nitrogen functional groups attached to an aromatic ring is 1. The first-order chi connectivity index (χ1) is 12.9. The number of carbonyl (C=O) groups is 1. The van der Waals surface area contributed by atoms with Gasteiger partial charge in [-0.15, -0.1) is 0 Å². The Morgan fingerprint density at radius 2 is 1.89 bits per heavy atom. The number of nitrogens with zero attached hydrogens (tertiary/aromatic N) is 2. The van der Waals surface area contributed by atoms with E-state index in [9.17, 15) is 14.4 Å². The number of unbranched alkanes of at least 4 members (excludes halogenated alkanes) is 3. The Bertz CT molecular complexity index is 894. The van der Waals surface area contributed by atoms with E-state index in [4.69, 9.17) is 10.2 Å². The SMILES string of the molecule is CCCCCN(C(=O)c1ccc(C)o1)c1c(N)n(CCCC)c(=O)[nH]c1=O. The van der Waals surface area contributed by atoms with Gasteiger partial charge in [0.1, 0.15) is 11.6 Å². The molecule has 2 heterocycles. The molecule has 2 aromatic rings. The van der Waals surface area contributed by atoms with Crippen molar-refractivity contribution in [1.29, 1.82) is 0 Å². The lowest BCUT2D eigenvalue weighted by molar-refractivity contribution is 0.0958. The number of aryl methyl sites for hydroxylation is 1. The number of nitrogens with two attached hydrogens (primary N) is 1. The number of aromatic nitrogens is 2. The third-order valence-electron chi connectivity index (χ3n) is 4.40. The summed E-state index contributed by atoms with van der Waals surface area (Å²) in [5, 5.41) is 0. The maximum Gasteiger partial charge on any atom is 0.330 e. The highest BCUT2D eigenvalue weighted by Gasteiger charge is 2.26. The van der Waals surface area contributed by atoms with Gasteiger partial charge in [0.05, 0.1) is 0 Å². The Labute approximate surface area is 158 Å². The Balaban J connectivity index is 2.52. The molecule has 0 saturated carbocycles. The van der Waals surface area contributed by atoms with Crippen LogP contribution in [0.1, 0.15) is 62.3 Å². The van der Waals surface area contributed by atoms with Gasteiger partial charge in [0.15, 0.2) is 11.4 Å². The number of hydrogen-bond acceptors (Lipinski definition) is 5. The van der Waals surface area contributed by atoms with Crippen LogP contribution in [0.4, 0.5) is 11.5 Å². The number of amides is 1. The topological polar surface area (TPSA) is 114 Å². The molecular weight excluding hydrogens is 348 g/mol. The van der Waals surface area contributed by atoms with E-state index in [2.05, 4.69) is 4.98 Å². The predicted molar refractivity (Wildman–Crippen MR) is 105 cm³/mol. The summed E-state index contributed by atoms with van der Waals surface area (Å²) < 4.78 is 6.75. The molecule has 3 N–H and O–H groups in total. The molecule has 1 amide bonds. The van der Waals surface area contributed by atoms with Crippen LogP contribution in [-0.2, 0) is 6.54 Å². The summed E-state index contributed by atoms with van der Waals surface area (Å²) in [4.78, 5) is 41.3. The van der Waals surface area contributed by atoms with Gasteiger partial charge < -0.3 is 10.2 Å². The summed E-state index contributed by atoms with van der Waals surface area (Å²) in [5.41, 5.74) is 4.94. The second-order valence-corrected chi connectivity index (χ2v) is 6.57. The van der Waals surface area contributed by atoms with Gasteiger partial charge in [-0.2, -0.15) is 0 Å². The van der Waals surface area contributed by atoms with Crippen molar-refractivity contribution in [1.82, 2.24) is 9.55 Å². The quantitative estimate of drug-likeness (QED) is 0.653. The maximum absolute atomic E-state index is 13.0. The number of rotatable bonds is 9. The molecule has 0 aliphatic carbocycles. The fourth-order valence-corrected chi connectivity index (χ4v) is 2.89. The average Bonchev–Trinajstić information content (AvgIpc) is 3.06. The van der Waals surface area contributed by atoms with Crippen LogP contribution in [0.3, 0.4) is 0 Å². The normalized spacial score (nSPS) is 10.9. The highest BCUT2D eigenvalue weighted by molar-refractivity contribution is 6.05. The van der Waals surface area contributed by atoms with Gasteiger partial charge in [-0.1, -0.05) is 33.1 Å². The average molecular weight is 376 g/mol. The van der Waals surface area contributed by atoms with Crippen LogP contribution in [0, 0.1) is 6.92 Å². The lowest BCUT2D eigenvalue weighted by Gasteiger charge is -2.23. The molecule has 2 rings (SSSR count). The molecule has 27 heavy (non-hydrogen) atoms. The molecule has 0 aliphatic heterocycles. The summed E-state index contributed by atoms with van der Waals surface area (Å²) >= 11 is 0. The van der Waals surface area contributed by atoms with Gasteiger partial charge in [-0.05, 0) is 31.9 Å². The van der Waals surface area contributed by atoms with E-state index in [0.29, 0.717) is 25.3 Å². The molecular formula is C19H28N4O4. The van der Waals surface area contributed by atoms with Gasteiger partial charge >= 0.3 is 5.69 Å². The molecule has 0 saturated heterocycles. The predicted octanol–water partition coefficient (Wildman–Crippen LogP) is 2.66. The first kappa shape index (κ1) is 20.5. The number of hydrogen-bond donors (Lipinski definition) is 2. The van der Waals surface area contributed by atoms with Crippen molar-refractivity contribution >= 4 is 17.4 Å². The van der Waals surface area contributed by atoms with Gasteiger partial charge in [0, 0.05) is 13.1 Å². The van der Waals surface area contributed by atoms with E-state index in [1.165, 1.54) is 9.47 Å². The van der Waals surface area contributed by atoms with Crippen LogP contribution in [0.2, 0.25) is 0 Å². The molecule has 8 heteroatoms. The number of carbonyl (C=O) groups excluding carboxylic acids is 1. The zero-order valence-electron chi connectivity index (χ0n) is 16.2. The van der Waals surface area contributed by atoms with Crippen molar-refractivity contribution in [3.63, 3.8) is 0 Å². The molecule has 0 bridgehead atoms. The van der Waals surface area contributed by atoms with E-state index in [0.717, 1.165) is 25.7 Å². The van der Waals surface area contributed by atoms with Crippen molar-refractivity contribution < 1.29 is 9.21 Å². The van der Waals surface area contributed by atoms with E-state index in [1.807, 2.05) is 13.8 Å². The summed E-state index contributed by atoms with van der Waals surface area (Å²) in [6.07, 6.45) is 4.16. The fraction of sp³-hybridized carbons (Fsp3) is 0.526. The smallest absolute Gasteiger partial charge is 0.330 e. The third kappa shape index (κ3) is 4.69. The standard InChI is InChI=1S/C19H28N4O4/c1-4-6-8-12-22(18(25)14-10-9-13(3)27-14)15-16(20)23(11-7-5-2)19(26)21-17(15)24/h9-10H,4-8,11-12,20H2,1-3H3,(H,21,24,26). The zero-order valence-corrected chi connectivity index (χ0v) is 16.2. The molecule has 2 aromatic heterocycles. The van der Waals surface area contributed by atoms with Gasteiger partial charge in [0.25, 0.3) is 11.5 Å². The molecule has 8 nitrogen and oxygen atoms in total. The Morgan fingerprint density at radius 1 is 1.19 bits per heavy atom. The van der Waals surface area contributed by atoms with Crippen LogP contribution in [0.5, 0.6) is 0 Å². The molecule has 0 unspecified atom stereocenters. The number of furan rings is 1. The number of aromatic amines is 1. The Hall–Kier alpha value is -2.77. The van der Waals surface area contributed by atoms with Crippen molar-refractivity contribution in [2.75, 3.05) is 17.2 Å². The molecule has 0 atom stereocenters. The molecule has 0 spiro atoms. The van der Waals surface area contributed by atoms with E-state index in [1.54, 1.807) is 19.1 Å². The Morgan fingerprint density at radius 3 is 2.48 bits per heavy atom. The monoisotopic (exact) mass is 376 g/mol. The number of anilines is 2. The summed E-state index contributed by atoms with van der Waals surface area (Å²) in [6, 6.07) is 3.26. The van der Waals surface area contributed by atoms with Crippen LogP contribution in [0.15, 0.2) is 26.1 Å². The minimum Gasteiger partial charge on any atom is -0.456 e. The van der Waals surface area contributed by atoms with Gasteiger partial charge in [0.2, 0.25) is 0 Å². The van der Waals surface area contributed by atoms with E-state index in [-0.39, 0.29) is 17.3 Å². The molecule has 0 aromatic carbocycles. The first-order valence-electron chi connectivity index (χ1n) is 9.41. The second-order valence-electron chi connectivity index (χ2n) is 6.57. The molecule has 0 radical (unpaired) electrons. The minimum absolute atomic E-state index is 0.000796. The fourth-order valence-electron chi connectivity index (χ4n) is 2.89. The lowest BCUT2D eigenvalue weighted by atomic mass is 10.2. The van der Waals surface area contributed by atoms with Gasteiger partial charge in [-0.3, -0.25) is 24.0 Å². The lowest BCUT2D eigenvalue weighted by Crippen LogP contribution is -2.41. The highest BCUT2D eigenvalue weighted by atomic mass is 16.3. The zero-order chi connectivity index (χ0) is 20.0. The molecule has 148 valence electrons. The van der Waals surface area contributed by atoms with Crippen LogP contribution < -0.4 is 21.9 Å². The second kappa shape index (κ2) is 9.25. The van der Waals surface area contributed by atoms with Crippen LogP contribution in [-0.4, -0.2) is 22.0 Å². The minimum atomic E-state index is -0.668. The Kier molecular flexibility index (Phi) is 7.04. The number of nitrogens with one attached hydrogen (secondary N) is 1. The van der Waals surface area contributed by atoms with Crippen LogP contribution in [0.25, 0.3) is 0 Å². The van der Waals surface area contributed by atoms with Crippen LogP contribution >= 0.6 is 0 Å². The summed E-state index contributed by atoms with van der Waals surface area (Å²) in [5.74, 6) is 0.290. The van der Waals surface area contributed by atoms with E-state index < -0.39 is 17.2 Å². The summed E-state index contributed by atoms with van der Waals surface area (Å²) in [6.45, 7) is 6.47. The maximum atomic E-state index is 13.0. The first-order valence-corrected chi connectivity index (χ1v) is 9.41. The number of H-pyrrole nitrogens is 1. The van der Waals surface area contributed by atoms with Crippen molar-refractivity contribution in [2.24, 2.45) is 0 Å². The van der Waals surface area contributed by atoms with Crippen molar-refractivity contribution in [2.45, 2.75) is 59.4 Å². The molecule has 0 fully saturated rings. The summed E-state index contributed by atoms with van der Waals surface area (Å²) in [7, 11) is 0. The van der Waals surface area contributed by atoms with Gasteiger partial charge in [-0.25, -0.2) is 4.79 Å². The van der Waals surface area contributed by atoms with Crippen molar-refractivity contribution in [3.05, 3.63) is 44.5 Å². The van der Waals surface area contributed by atoms with Crippen molar-refractivity contribution in [3.8, 4) is 0 Å². The largest absolute Gasteiger partial charge is 0.456 e. The highest BCUT2D eigenvalue weighted by Crippen LogP contribution is 2.21. The third-order valence-corrected chi connectivity index (χ3v) is 4.40. The molecule has 0 aliphatic rings.